The molecule has 2 amide bonds. The number of benzene rings is 2. The molecule has 5 rings (SSSR count). The van der Waals surface area contributed by atoms with Crippen molar-refractivity contribution in [3.05, 3.63) is 69.8 Å². The van der Waals surface area contributed by atoms with E-state index in [2.05, 4.69) is 0 Å². The van der Waals surface area contributed by atoms with Gasteiger partial charge in [-0.3, -0.25) is 14.4 Å². The minimum Gasteiger partial charge on any atom is -0.359 e. The van der Waals surface area contributed by atoms with Crippen molar-refractivity contribution in [2.24, 2.45) is 17.3 Å². The number of amides is 2. The van der Waals surface area contributed by atoms with E-state index in [1.54, 1.807) is 12.1 Å². The summed E-state index contributed by atoms with van der Waals surface area (Å²) in [4.78, 5) is 44.1. The summed E-state index contributed by atoms with van der Waals surface area (Å²) < 4.78 is 0. The van der Waals surface area contributed by atoms with E-state index in [0.717, 1.165) is 11.1 Å². The van der Waals surface area contributed by atoms with Gasteiger partial charge in [0.15, 0.2) is 5.78 Å². The maximum Gasteiger partial charge on any atom is 0.240 e. The van der Waals surface area contributed by atoms with Gasteiger partial charge in [0, 0.05) is 11.6 Å². The largest absolute Gasteiger partial charge is 0.359 e. The minimum atomic E-state index is -0.774. The molecule has 164 valence electrons. The van der Waals surface area contributed by atoms with Gasteiger partial charge in [-0.25, -0.2) is 4.90 Å². The van der Waals surface area contributed by atoms with Gasteiger partial charge in [-0.15, -0.1) is 0 Å². The van der Waals surface area contributed by atoms with E-state index < -0.39 is 23.3 Å². The zero-order valence-electron chi connectivity index (χ0n) is 17.9. The van der Waals surface area contributed by atoms with E-state index in [1.165, 1.54) is 11.0 Å². The van der Waals surface area contributed by atoms with Gasteiger partial charge in [0.1, 0.15) is 6.04 Å². The van der Waals surface area contributed by atoms with Crippen LogP contribution in [-0.2, 0) is 14.4 Å². The Morgan fingerprint density at radius 3 is 2.31 bits per heavy atom. The highest BCUT2D eigenvalue weighted by molar-refractivity contribution is 6.42. The lowest BCUT2D eigenvalue weighted by molar-refractivity contribution is -0.135. The molecule has 7 heteroatoms. The van der Waals surface area contributed by atoms with E-state index in [4.69, 9.17) is 23.2 Å². The zero-order valence-corrected chi connectivity index (χ0v) is 19.4. The number of Topliss-reactive ketones (excluding diaryl/α,β-unsaturated/α-hetero) is 1. The topological polar surface area (TPSA) is 57.7 Å². The van der Waals surface area contributed by atoms with Crippen molar-refractivity contribution < 1.29 is 14.4 Å². The van der Waals surface area contributed by atoms with Gasteiger partial charge in [0.25, 0.3) is 0 Å². The van der Waals surface area contributed by atoms with Crippen molar-refractivity contribution in [3.63, 3.8) is 0 Å². The molecule has 2 aromatic rings. The Labute approximate surface area is 196 Å². The molecule has 0 aromatic heterocycles. The predicted molar refractivity (Wildman–Crippen MR) is 124 cm³/mol. The Morgan fingerprint density at radius 2 is 1.62 bits per heavy atom. The summed E-state index contributed by atoms with van der Waals surface area (Å²) >= 11 is 12.2. The SMILES string of the molecule is CC(C)(C)C(=O)[C@@H]1[C@@H]2C(=O)N(c3ccc(Cl)c(Cl)c3)C(=O)[C@H]2[C@H]2c3ccccc3C=CN12. The number of hydrogen-bond acceptors (Lipinski definition) is 4. The van der Waals surface area contributed by atoms with Gasteiger partial charge in [-0.1, -0.05) is 68.2 Å². The Hall–Kier alpha value is -2.63. The number of hydrogen-bond donors (Lipinski definition) is 0. The molecule has 0 unspecified atom stereocenters. The van der Waals surface area contributed by atoms with Gasteiger partial charge in [0.2, 0.25) is 11.8 Å². The number of nitrogens with zero attached hydrogens (tertiary/aromatic N) is 2. The molecular weight excluding hydrogens is 447 g/mol. The first-order chi connectivity index (χ1) is 15.1. The van der Waals surface area contributed by atoms with Gasteiger partial charge in [0.05, 0.1) is 33.6 Å². The van der Waals surface area contributed by atoms with Gasteiger partial charge >= 0.3 is 0 Å². The van der Waals surface area contributed by atoms with Crippen LogP contribution in [0.4, 0.5) is 5.69 Å². The van der Waals surface area contributed by atoms with Crippen LogP contribution in [0.2, 0.25) is 10.0 Å². The lowest BCUT2D eigenvalue weighted by Gasteiger charge is -2.37. The van der Waals surface area contributed by atoms with Crippen LogP contribution < -0.4 is 4.90 Å². The number of fused-ring (bicyclic) bond motifs is 5. The van der Waals surface area contributed by atoms with Crippen LogP contribution in [0, 0.1) is 17.3 Å². The maximum atomic E-state index is 13.7. The zero-order chi connectivity index (χ0) is 22.9. The fourth-order valence-corrected chi connectivity index (χ4v) is 5.47. The predicted octanol–water partition coefficient (Wildman–Crippen LogP) is 5.12. The molecule has 0 saturated carbocycles. The number of ketones is 1. The highest BCUT2D eigenvalue weighted by atomic mass is 35.5. The molecule has 2 aromatic carbocycles. The van der Waals surface area contributed by atoms with Gasteiger partial charge in [-0.2, -0.15) is 0 Å². The van der Waals surface area contributed by atoms with E-state index in [9.17, 15) is 14.4 Å². The third-order valence-corrected chi connectivity index (χ3v) is 7.37. The number of rotatable bonds is 2. The summed E-state index contributed by atoms with van der Waals surface area (Å²) in [6.45, 7) is 5.53. The van der Waals surface area contributed by atoms with E-state index in [1.807, 2.05) is 62.2 Å². The first-order valence-corrected chi connectivity index (χ1v) is 11.3. The molecule has 3 heterocycles. The normalized spacial score (nSPS) is 26.3. The van der Waals surface area contributed by atoms with Gasteiger partial charge in [-0.05, 0) is 35.4 Å². The van der Waals surface area contributed by atoms with Crippen molar-refractivity contribution in [2.45, 2.75) is 32.9 Å². The molecule has 3 aliphatic rings. The molecule has 2 saturated heterocycles. The second-order valence-electron chi connectivity index (χ2n) is 9.56. The molecule has 0 radical (unpaired) electrons. The van der Waals surface area contributed by atoms with Gasteiger partial charge < -0.3 is 4.90 Å². The first-order valence-electron chi connectivity index (χ1n) is 10.5. The third-order valence-electron chi connectivity index (χ3n) is 6.63. The van der Waals surface area contributed by atoms with Crippen molar-refractivity contribution in [3.8, 4) is 0 Å². The maximum absolute atomic E-state index is 13.7. The molecule has 0 N–H and O–H groups in total. The number of imide groups is 1. The molecule has 2 fully saturated rings. The van der Waals surface area contributed by atoms with Crippen molar-refractivity contribution in [1.82, 2.24) is 4.90 Å². The highest BCUT2D eigenvalue weighted by Crippen LogP contribution is 2.54. The fraction of sp³-hybridized carbons (Fsp3) is 0.320. The van der Waals surface area contributed by atoms with Crippen molar-refractivity contribution in [1.29, 1.82) is 0 Å². The standard InChI is InChI=1S/C25H22Cl2N2O3/c1-25(2,3)22(30)21-19-18(20-15-7-5-4-6-13(15)10-11-28(20)21)23(31)29(24(19)32)14-8-9-16(26)17(27)12-14/h4-12,18-21H,1-3H3/t18-,19-,20-,21+/m1/s1. The average Bonchev–Trinajstić information content (AvgIpc) is 3.22. The number of anilines is 1. The number of carbonyl (C=O) groups is 3. The lowest BCUT2D eigenvalue weighted by atomic mass is 9.79. The Morgan fingerprint density at radius 1 is 0.938 bits per heavy atom. The summed E-state index contributed by atoms with van der Waals surface area (Å²) in [5.41, 5.74) is 1.64. The fourth-order valence-electron chi connectivity index (χ4n) is 5.18. The molecule has 0 bridgehead atoms. The summed E-state index contributed by atoms with van der Waals surface area (Å²) in [7, 11) is 0. The van der Waals surface area contributed by atoms with Crippen molar-refractivity contribution in [2.75, 3.05) is 4.90 Å². The van der Waals surface area contributed by atoms with E-state index in [0.29, 0.717) is 10.7 Å². The lowest BCUT2D eigenvalue weighted by Crippen LogP contribution is -2.47. The quantitative estimate of drug-likeness (QED) is 0.573. The summed E-state index contributed by atoms with van der Waals surface area (Å²) in [6.07, 6.45) is 3.81. The Kier molecular flexibility index (Phi) is 4.77. The monoisotopic (exact) mass is 468 g/mol. The minimum absolute atomic E-state index is 0.0591. The first kappa shape index (κ1) is 21.2. The molecule has 5 nitrogen and oxygen atoms in total. The molecule has 32 heavy (non-hydrogen) atoms. The van der Waals surface area contributed by atoms with Crippen LogP contribution in [0.15, 0.2) is 48.7 Å². The highest BCUT2D eigenvalue weighted by Gasteiger charge is 2.65. The number of carbonyl (C=O) groups excluding carboxylic acids is 3. The molecule has 0 aliphatic carbocycles. The Balaban J connectivity index is 1.67. The number of halogens is 2. The van der Waals surface area contributed by atoms with Crippen LogP contribution in [0.25, 0.3) is 6.08 Å². The summed E-state index contributed by atoms with van der Waals surface area (Å²) in [5.74, 6) is -2.19. The average molecular weight is 469 g/mol. The van der Waals surface area contributed by atoms with Crippen LogP contribution in [0.5, 0.6) is 0 Å². The van der Waals surface area contributed by atoms with E-state index >= 15 is 0 Å². The van der Waals surface area contributed by atoms with Crippen LogP contribution >= 0.6 is 23.2 Å². The van der Waals surface area contributed by atoms with E-state index in [-0.39, 0.29) is 28.7 Å². The summed E-state index contributed by atoms with van der Waals surface area (Å²) in [6, 6.07) is 11.4. The smallest absolute Gasteiger partial charge is 0.240 e. The second kappa shape index (κ2) is 7.19. The van der Waals surface area contributed by atoms with Crippen LogP contribution in [-0.4, -0.2) is 28.5 Å². The second-order valence-corrected chi connectivity index (χ2v) is 10.4. The van der Waals surface area contributed by atoms with Crippen molar-refractivity contribution >= 4 is 52.6 Å². The molecule has 4 atom stereocenters. The van der Waals surface area contributed by atoms with Crippen LogP contribution in [0.1, 0.15) is 37.9 Å². The van der Waals surface area contributed by atoms with Crippen LogP contribution in [0.3, 0.4) is 0 Å². The molecule has 3 aliphatic heterocycles. The molecular formula is C25H22Cl2N2O3. The third kappa shape index (κ3) is 2.95. The molecule has 0 spiro atoms. The Bertz CT molecular complexity index is 1200. The summed E-state index contributed by atoms with van der Waals surface area (Å²) in [5, 5.41) is 0.602.